The lowest BCUT2D eigenvalue weighted by Crippen LogP contribution is -2.41. The molecule has 98 valence electrons. The van der Waals surface area contributed by atoms with Gasteiger partial charge in [-0.1, -0.05) is 6.92 Å². The van der Waals surface area contributed by atoms with Crippen LogP contribution in [0.5, 0.6) is 0 Å². The summed E-state index contributed by atoms with van der Waals surface area (Å²) in [5, 5.41) is 12.5. The Morgan fingerprint density at radius 3 is 2.61 bits per heavy atom. The van der Waals surface area contributed by atoms with Gasteiger partial charge in [0.2, 0.25) is 5.95 Å². The number of aliphatic carboxylic acids is 1. The summed E-state index contributed by atoms with van der Waals surface area (Å²) in [6, 6.07) is 1.74. The molecule has 0 aromatic carbocycles. The molecule has 1 heterocycles. The summed E-state index contributed by atoms with van der Waals surface area (Å²) in [4.78, 5) is 19.6. The van der Waals surface area contributed by atoms with E-state index in [0.29, 0.717) is 18.4 Å². The summed E-state index contributed by atoms with van der Waals surface area (Å²) in [6.07, 6.45) is 6.69. The molecule has 1 fully saturated rings. The molecule has 0 atom stereocenters. The highest BCUT2D eigenvalue weighted by molar-refractivity contribution is 5.75. The molecule has 0 unspecified atom stereocenters. The van der Waals surface area contributed by atoms with E-state index in [1.54, 1.807) is 18.5 Å². The molecule has 2 rings (SSSR count). The average Bonchev–Trinajstić information content (AvgIpc) is 2.39. The molecule has 1 aliphatic rings. The van der Waals surface area contributed by atoms with Gasteiger partial charge in [0.25, 0.3) is 0 Å². The molecule has 1 aliphatic carbocycles. The van der Waals surface area contributed by atoms with Crippen molar-refractivity contribution in [3.63, 3.8) is 0 Å². The number of aromatic nitrogens is 2. The lowest BCUT2D eigenvalue weighted by Gasteiger charge is -2.35. The molecule has 0 radical (unpaired) electrons. The molecular weight excluding hydrogens is 230 g/mol. The minimum atomic E-state index is -0.710. The average molecular weight is 249 g/mol. The van der Waals surface area contributed by atoms with E-state index in [1.165, 1.54) is 0 Å². The first-order valence-corrected chi connectivity index (χ1v) is 6.37. The highest BCUT2D eigenvalue weighted by atomic mass is 16.4. The van der Waals surface area contributed by atoms with Gasteiger partial charge >= 0.3 is 5.97 Å². The second-order valence-corrected chi connectivity index (χ2v) is 5.19. The number of anilines is 1. The molecule has 0 aliphatic heterocycles. The lowest BCUT2D eigenvalue weighted by molar-refractivity contribution is -0.150. The van der Waals surface area contributed by atoms with E-state index in [4.69, 9.17) is 0 Å². The SMILES string of the molecule is CC1CCC(CNc2ncccn2)(C(=O)O)CC1. The third-order valence-corrected chi connectivity index (χ3v) is 3.84. The molecule has 0 amide bonds. The van der Waals surface area contributed by atoms with Gasteiger partial charge in [0.15, 0.2) is 0 Å². The van der Waals surface area contributed by atoms with Crippen molar-refractivity contribution in [2.75, 3.05) is 11.9 Å². The van der Waals surface area contributed by atoms with Gasteiger partial charge in [-0.25, -0.2) is 9.97 Å². The quantitative estimate of drug-likeness (QED) is 0.855. The maximum atomic E-state index is 11.5. The number of rotatable bonds is 4. The minimum Gasteiger partial charge on any atom is -0.481 e. The van der Waals surface area contributed by atoms with E-state index < -0.39 is 11.4 Å². The summed E-state index contributed by atoms with van der Waals surface area (Å²) in [6.45, 7) is 2.58. The van der Waals surface area contributed by atoms with Crippen LogP contribution >= 0.6 is 0 Å². The summed E-state index contributed by atoms with van der Waals surface area (Å²) < 4.78 is 0. The zero-order valence-corrected chi connectivity index (χ0v) is 10.6. The fourth-order valence-electron chi connectivity index (χ4n) is 2.42. The predicted octanol–water partition coefficient (Wildman–Crippen LogP) is 2.17. The highest BCUT2D eigenvalue weighted by Crippen LogP contribution is 2.39. The van der Waals surface area contributed by atoms with Crippen LogP contribution in [0.4, 0.5) is 5.95 Å². The number of hydrogen-bond donors (Lipinski definition) is 2. The summed E-state index contributed by atoms with van der Waals surface area (Å²) in [5.74, 6) is 0.417. The minimum absolute atomic E-state index is 0.402. The number of carbonyl (C=O) groups is 1. The van der Waals surface area contributed by atoms with Crippen molar-refractivity contribution in [3.8, 4) is 0 Å². The number of nitrogens with zero attached hydrogens (tertiary/aromatic N) is 2. The smallest absolute Gasteiger partial charge is 0.311 e. The van der Waals surface area contributed by atoms with E-state index >= 15 is 0 Å². The van der Waals surface area contributed by atoms with Crippen LogP contribution in [0.3, 0.4) is 0 Å². The molecule has 0 bridgehead atoms. The van der Waals surface area contributed by atoms with Crippen molar-refractivity contribution < 1.29 is 9.90 Å². The molecule has 0 saturated heterocycles. The van der Waals surface area contributed by atoms with Crippen molar-refractivity contribution in [1.82, 2.24) is 9.97 Å². The molecule has 5 nitrogen and oxygen atoms in total. The zero-order chi connectivity index (χ0) is 13.0. The van der Waals surface area contributed by atoms with Crippen molar-refractivity contribution in [1.29, 1.82) is 0 Å². The van der Waals surface area contributed by atoms with Crippen molar-refractivity contribution in [2.45, 2.75) is 32.6 Å². The second-order valence-electron chi connectivity index (χ2n) is 5.19. The molecule has 0 spiro atoms. The molecule has 18 heavy (non-hydrogen) atoms. The zero-order valence-electron chi connectivity index (χ0n) is 10.6. The van der Waals surface area contributed by atoms with Gasteiger partial charge < -0.3 is 10.4 Å². The van der Waals surface area contributed by atoms with Crippen molar-refractivity contribution >= 4 is 11.9 Å². The molecule has 2 N–H and O–H groups in total. The Morgan fingerprint density at radius 1 is 1.44 bits per heavy atom. The van der Waals surface area contributed by atoms with Gasteiger partial charge in [0.1, 0.15) is 0 Å². The van der Waals surface area contributed by atoms with Crippen LogP contribution < -0.4 is 5.32 Å². The Morgan fingerprint density at radius 2 is 2.06 bits per heavy atom. The maximum absolute atomic E-state index is 11.5. The molecule has 1 saturated carbocycles. The summed E-state index contributed by atoms with van der Waals surface area (Å²) in [7, 11) is 0. The van der Waals surface area contributed by atoms with E-state index in [1.807, 2.05) is 0 Å². The van der Waals surface area contributed by atoms with Gasteiger partial charge in [0, 0.05) is 18.9 Å². The number of carboxylic acids is 1. The van der Waals surface area contributed by atoms with Gasteiger partial charge in [-0.05, 0) is 37.7 Å². The van der Waals surface area contributed by atoms with E-state index in [2.05, 4.69) is 22.2 Å². The van der Waals surface area contributed by atoms with Crippen LogP contribution in [0.25, 0.3) is 0 Å². The van der Waals surface area contributed by atoms with E-state index in [-0.39, 0.29) is 0 Å². The van der Waals surface area contributed by atoms with Crippen LogP contribution in [-0.2, 0) is 4.79 Å². The monoisotopic (exact) mass is 249 g/mol. The standard InChI is InChI=1S/C13H19N3O2/c1-10-3-5-13(6-4-10,11(17)18)9-16-12-14-7-2-8-15-12/h2,7-8,10H,3-6,9H2,1H3,(H,17,18)(H,14,15,16). The van der Waals surface area contributed by atoms with E-state index in [0.717, 1.165) is 25.7 Å². The van der Waals surface area contributed by atoms with Crippen LogP contribution in [0.15, 0.2) is 18.5 Å². The van der Waals surface area contributed by atoms with Gasteiger partial charge in [-0.3, -0.25) is 4.79 Å². The van der Waals surface area contributed by atoms with Gasteiger partial charge in [-0.15, -0.1) is 0 Å². The van der Waals surface area contributed by atoms with E-state index in [9.17, 15) is 9.90 Å². The Kier molecular flexibility index (Phi) is 3.79. The maximum Gasteiger partial charge on any atom is 0.311 e. The molecule has 1 aromatic rings. The predicted molar refractivity (Wildman–Crippen MR) is 68.2 cm³/mol. The largest absolute Gasteiger partial charge is 0.481 e. The molecular formula is C13H19N3O2. The van der Waals surface area contributed by atoms with Crippen LogP contribution in [0.1, 0.15) is 32.6 Å². The summed E-state index contributed by atoms with van der Waals surface area (Å²) >= 11 is 0. The molecule has 5 heteroatoms. The number of carboxylic acid groups (broad SMARTS) is 1. The Balaban J connectivity index is 2.01. The first kappa shape index (κ1) is 12.8. The topological polar surface area (TPSA) is 75.1 Å². The lowest BCUT2D eigenvalue weighted by atomic mass is 9.71. The number of nitrogens with one attached hydrogen (secondary N) is 1. The Hall–Kier alpha value is -1.65. The third kappa shape index (κ3) is 2.78. The van der Waals surface area contributed by atoms with Crippen molar-refractivity contribution in [2.24, 2.45) is 11.3 Å². The summed E-state index contributed by atoms with van der Waals surface area (Å²) in [5.41, 5.74) is -0.661. The normalized spacial score (nSPS) is 27.7. The first-order chi connectivity index (χ1) is 8.62. The molecule has 1 aromatic heterocycles. The third-order valence-electron chi connectivity index (χ3n) is 3.84. The number of hydrogen-bond acceptors (Lipinski definition) is 4. The van der Waals surface area contributed by atoms with Crippen LogP contribution in [0, 0.1) is 11.3 Å². The highest BCUT2D eigenvalue weighted by Gasteiger charge is 2.41. The van der Waals surface area contributed by atoms with Crippen molar-refractivity contribution in [3.05, 3.63) is 18.5 Å². The van der Waals surface area contributed by atoms with Crippen LogP contribution in [0.2, 0.25) is 0 Å². The Bertz CT molecular complexity index is 400. The fraction of sp³-hybridized carbons (Fsp3) is 0.615. The Labute approximate surface area is 107 Å². The van der Waals surface area contributed by atoms with Crippen LogP contribution in [-0.4, -0.2) is 27.6 Å². The first-order valence-electron chi connectivity index (χ1n) is 6.37. The van der Waals surface area contributed by atoms with Gasteiger partial charge in [0.05, 0.1) is 5.41 Å². The van der Waals surface area contributed by atoms with Gasteiger partial charge in [-0.2, -0.15) is 0 Å². The second kappa shape index (κ2) is 5.33. The fourth-order valence-corrected chi connectivity index (χ4v) is 2.42.